The van der Waals surface area contributed by atoms with E-state index in [2.05, 4.69) is 69.9 Å². The van der Waals surface area contributed by atoms with Gasteiger partial charge in [0.1, 0.15) is 12.7 Å². The molecule has 1 aromatic rings. The van der Waals surface area contributed by atoms with Crippen LogP contribution in [-0.2, 0) is 25.5 Å². The number of fused-ring (bicyclic) bond motifs is 4. The van der Waals surface area contributed by atoms with Crippen LogP contribution in [0.5, 0.6) is 0 Å². The zero-order valence-corrected chi connectivity index (χ0v) is 26.9. The Morgan fingerprint density at radius 2 is 1.79 bits per heavy atom. The second-order valence-corrected chi connectivity index (χ2v) is 15.0. The lowest BCUT2D eigenvalue weighted by Gasteiger charge is -2.68. The summed E-state index contributed by atoms with van der Waals surface area (Å²) in [7, 11) is 0. The molecule has 5 nitrogen and oxygen atoms in total. The number of carbonyl (C=O) groups excluding carboxylic acids is 2. The van der Waals surface area contributed by atoms with E-state index in [4.69, 9.17) is 9.47 Å². The van der Waals surface area contributed by atoms with E-state index in [1.54, 1.807) is 6.08 Å². The van der Waals surface area contributed by atoms with E-state index in [1.807, 2.05) is 0 Å². The first-order valence-corrected chi connectivity index (χ1v) is 16.8. The lowest BCUT2D eigenvalue weighted by molar-refractivity contribution is -0.276. The molecule has 6 atom stereocenters. The molecule has 5 heteroatoms. The average Bonchev–Trinajstić information content (AvgIpc) is 3.40. The van der Waals surface area contributed by atoms with E-state index in [0.717, 1.165) is 50.5 Å². The van der Waals surface area contributed by atoms with Crippen LogP contribution in [0.3, 0.4) is 0 Å². The highest BCUT2D eigenvalue weighted by Crippen LogP contribution is 2.69. The zero-order valence-electron chi connectivity index (χ0n) is 26.9. The van der Waals surface area contributed by atoms with Gasteiger partial charge in [-0.25, -0.2) is 4.79 Å². The maximum atomic E-state index is 13.4. The molecule has 2 saturated carbocycles. The normalized spacial score (nSPS) is 33.8. The van der Waals surface area contributed by atoms with Gasteiger partial charge in [0.05, 0.1) is 17.4 Å². The molecule has 2 fully saturated rings. The fraction of sp³-hybridized carbons (Fsp3) is 0.684. The molecule has 6 unspecified atom stereocenters. The summed E-state index contributed by atoms with van der Waals surface area (Å²) < 4.78 is 11.6. The first kappa shape index (κ1) is 31.8. The number of aryl methyl sites for hydroxylation is 1. The van der Waals surface area contributed by atoms with Crippen LogP contribution < -0.4 is 0 Å². The van der Waals surface area contributed by atoms with Gasteiger partial charge in [-0.1, -0.05) is 82.7 Å². The van der Waals surface area contributed by atoms with Crippen molar-refractivity contribution in [2.75, 3.05) is 6.61 Å². The van der Waals surface area contributed by atoms with E-state index in [1.165, 1.54) is 18.4 Å². The summed E-state index contributed by atoms with van der Waals surface area (Å²) in [6.45, 7) is 9.42. The van der Waals surface area contributed by atoms with Crippen LogP contribution in [0.4, 0.5) is 0 Å². The SMILES string of the molecule is CC(CCCc1ccccc1)CCCC12CCCC(C)(C)C1C1CC(C)(C#CCCC(=O)O1)C2(O)CCC1=CC(=O)OC1. The Balaban J connectivity index is 1.43. The standard InChI is InChI=1S/C38H52O5/c1-28(13-10-17-29-15-6-5-7-16-29)14-11-22-37-23-12-20-35(2,3)34(37)31-26-36(4,21-9-8-18-32(39)43-31)38(37,41)24-19-30-25-33(40)42-27-30/h5-7,15-16,25,28,31,34,41H,8,10-14,17-20,22-24,26-27H2,1-4H3. The van der Waals surface area contributed by atoms with Gasteiger partial charge in [-0.05, 0) is 74.3 Å². The number of hydrogen-bond donors (Lipinski definition) is 1. The van der Waals surface area contributed by atoms with Gasteiger partial charge in [-0.15, -0.1) is 5.92 Å². The maximum absolute atomic E-state index is 13.4. The monoisotopic (exact) mass is 588 g/mol. The molecule has 5 rings (SSSR count). The van der Waals surface area contributed by atoms with Crippen LogP contribution in [0.15, 0.2) is 42.0 Å². The van der Waals surface area contributed by atoms with Gasteiger partial charge in [-0.2, -0.15) is 0 Å². The van der Waals surface area contributed by atoms with Crippen LogP contribution in [0.1, 0.15) is 117 Å². The summed E-state index contributed by atoms with van der Waals surface area (Å²) in [4.78, 5) is 24.9. The lowest BCUT2D eigenvalue weighted by Crippen LogP contribution is -2.71. The van der Waals surface area contributed by atoms with E-state index in [9.17, 15) is 14.7 Å². The molecule has 0 aromatic heterocycles. The quantitative estimate of drug-likeness (QED) is 0.211. The highest BCUT2D eigenvalue weighted by molar-refractivity contribution is 5.85. The van der Waals surface area contributed by atoms with Crippen molar-refractivity contribution < 1.29 is 24.2 Å². The van der Waals surface area contributed by atoms with Crippen molar-refractivity contribution in [2.45, 2.75) is 129 Å². The fourth-order valence-electron chi connectivity index (χ4n) is 9.52. The Hall–Kier alpha value is -2.58. The molecule has 1 aromatic carbocycles. The van der Waals surface area contributed by atoms with Crippen molar-refractivity contribution in [3.8, 4) is 11.8 Å². The minimum Gasteiger partial charge on any atom is -0.462 e. The molecule has 2 bridgehead atoms. The number of cyclic esters (lactones) is 1. The van der Waals surface area contributed by atoms with Gasteiger partial charge < -0.3 is 14.6 Å². The van der Waals surface area contributed by atoms with Gasteiger partial charge in [-0.3, -0.25) is 4.79 Å². The molecule has 0 amide bonds. The fourth-order valence-corrected chi connectivity index (χ4v) is 9.52. The molecular formula is C38H52O5. The number of ether oxygens (including phenoxy) is 2. The molecule has 43 heavy (non-hydrogen) atoms. The maximum Gasteiger partial charge on any atom is 0.331 e. The molecule has 0 radical (unpaired) electrons. The van der Waals surface area contributed by atoms with Crippen LogP contribution in [0, 0.1) is 39.9 Å². The smallest absolute Gasteiger partial charge is 0.331 e. The Morgan fingerprint density at radius 3 is 2.53 bits per heavy atom. The van der Waals surface area contributed by atoms with Crippen molar-refractivity contribution in [3.63, 3.8) is 0 Å². The summed E-state index contributed by atoms with van der Waals surface area (Å²) >= 11 is 0. The van der Waals surface area contributed by atoms with E-state index < -0.39 is 16.4 Å². The Morgan fingerprint density at radius 1 is 1.02 bits per heavy atom. The summed E-state index contributed by atoms with van der Waals surface area (Å²) in [6.07, 6.45) is 13.2. The molecule has 2 heterocycles. The van der Waals surface area contributed by atoms with E-state index in [-0.39, 0.29) is 29.4 Å². The van der Waals surface area contributed by atoms with Gasteiger partial charge in [0, 0.05) is 30.3 Å². The molecule has 0 spiro atoms. The van der Waals surface area contributed by atoms with Crippen LogP contribution >= 0.6 is 0 Å². The highest BCUT2D eigenvalue weighted by atomic mass is 16.5. The van der Waals surface area contributed by atoms with Crippen LogP contribution in [-0.4, -0.2) is 35.4 Å². The van der Waals surface area contributed by atoms with E-state index >= 15 is 0 Å². The van der Waals surface area contributed by atoms with E-state index in [0.29, 0.717) is 44.6 Å². The topological polar surface area (TPSA) is 72.8 Å². The number of benzene rings is 1. The first-order chi connectivity index (χ1) is 20.5. The number of hydrogen-bond acceptors (Lipinski definition) is 5. The molecule has 4 aliphatic rings. The van der Waals surface area contributed by atoms with Gasteiger partial charge in [0.15, 0.2) is 0 Å². The van der Waals surface area contributed by atoms with Crippen molar-refractivity contribution >= 4 is 11.9 Å². The van der Waals surface area contributed by atoms with Gasteiger partial charge in [0.25, 0.3) is 0 Å². The Kier molecular flexibility index (Phi) is 9.48. The Bertz CT molecular complexity index is 1250. The zero-order chi connectivity index (χ0) is 30.7. The third kappa shape index (κ3) is 6.46. The van der Waals surface area contributed by atoms with Crippen molar-refractivity contribution in [1.82, 2.24) is 0 Å². The number of aliphatic hydroxyl groups is 1. The lowest BCUT2D eigenvalue weighted by atomic mass is 9.38. The second-order valence-electron chi connectivity index (χ2n) is 15.0. The molecule has 1 N–H and O–H groups in total. The number of carbonyl (C=O) groups is 2. The minimum atomic E-state index is -1.09. The Labute approximate surface area is 259 Å². The third-order valence-corrected chi connectivity index (χ3v) is 11.6. The third-order valence-electron chi connectivity index (χ3n) is 11.6. The van der Waals surface area contributed by atoms with Crippen molar-refractivity contribution in [2.24, 2.45) is 28.1 Å². The summed E-state index contributed by atoms with van der Waals surface area (Å²) in [5.74, 6) is 7.01. The molecule has 2 aliphatic heterocycles. The first-order valence-electron chi connectivity index (χ1n) is 16.8. The predicted molar refractivity (Wildman–Crippen MR) is 169 cm³/mol. The number of rotatable bonds is 11. The summed E-state index contributed by atoms with van der Waals surface area (Å²) in [6, 6.07) is 10.7. The van der Waals surface area contributed by atoms with Crippen molar-refractivity contribution in [3.05, 3.63) is 47.5 Å². The average molecular weight is 589 g/mol. The minimum absolute atomic E-state index is 0.0412. The van der Waals surface area contributed by atoms with Crippen LogP contribution in [0.2, 0.25) is 0 Å². The molecule has 0 saturated heterocycles. The highest BCUT2D eigenvalue weighted by Gasteiger charge is 2.71. The predicted octanol–water partition coefficient (Wildman–Crippen LogP) is 7.74. The summed E-state index contributed by atoms with van der Waals surface area (Å²) in [5, 5.41) is 13.4. The van der Waals surface area contributed by atoms with Gasteiger partial charge in [0.2, 0.25) is 0 Å². The molecule has 2 aliphatic carbocycles. The molecule has 234 valence electrons. The second kappa shape index (κ2) is 12.8. The largest absolute Gasteiger partial charge is 0.462 e. The number of esters is 2. The summed E-state index contributed by atoms with van der Waals surface area (Å²) in [5.41, 5.74) is -0.00767. The van der Waals surface area contributed by atoms with Crippen LogP contribution in [0.25, 0.3) is 0 Å². The van der Waals surface area contributed by atoms with Gasteiger partial charge >= 0.3 is 11.9 Å². The molecular weight excluding hydrogens is 536 g/mol. The van der Waals surface area contributed by atoms with Crippen molar-refractivity contribution in [1.29, 1.82) is 0 Å².